The van der Waals surface area contributed by atoms with Crippen LogP contribution < -0.4 is 14.8 Å². The molecular weight excluding hydrogens is 588 g/mol. The minimum absolute atomic E-state index is 0.0674. The van der Waals surface area contributed by atoms with Crippen molar-refractivity contribution in [2.45, 2.75) is 30.5 Å². The van der Waals surface area contributed by atoms with Crippen LogP contribution in [0.5, 0.6) is 11.5 Å². The van der Waals surface area contributed by atoms with Crippen LogP contribution >= 0.6 is 0 Å². The van der Waals surface area contributed by atoms with Crippen molar-refractivity contribution in [3.8, 4) is 22.6 Å². The predicted octanol–water partition coefficient (Wildman–Crippen LogP) is 6.84. The summed E-state index contributed by atoms with van der Waals surface area (Å²) in [7, 11) is 1.62. The van der Waals surface area contributed by atoms with Crippen LogP contribution in [-0.4, -0.2) is 42.8 Å². The molecule has 7 nitrogen and oxygen atoms in total. The van der Waals surface area contributed by atoms with Crippen molar-refractivity contribution in [1.29, 1.82) is 0 Å². The second kappa shape index (κ2) is 13.1. The van der Waals surface area contributed by atoms with Gasteiger partial charge in [0.25, 0.3) is 5.91 Å². The number of hydrogen-bond donors (Lipinski definition) is 2. The zero-order valence-corrected chi connectivity index (χ0v) is 26.1. The lowest BCUT2D eigenvalue weighted by Gasteiger charge is -2.32. The van der Waals surface area contributed by atoms with Crippen LogP contribution in [0.1, 0.15) is 46.4 Å². The number of methoxy groups -OCH3 is 1. The summed E-state index contributed by atoms with van der Waals surface area (Å²) in [4.78, 5) is 20.3. The van der Waals surface area contributed by atoms with Gasteiger partial charge in [0.15, 0.2) is 11.6 Å². The topological polar surface area (TPSA) is 89.4 Å². The van der Waals surface area contributed by atoms with Crippen LogP contribution in [0.15, 0.2) is 132 Å². The first-order valence-corrected chi connectivity index (χ1v) is 15.9. The fourth-order valence-corrected chi connectivity index (χ4v) is 6.56. The molecule has 2 atom stereocenters. The molecular formula is C40H36N2O5. The van der Waals surface area contributed by atoms with Crippen LogP contribution in [0.25, 0.3) is 11.1 Å². The maximum absolute atomic E-state index is 15.1. The van der Waals surface area contributed by atoms with E-state index in [1.54, 1.807) is 7.11 Å². The highest BCUT2D eigenvalue weighted by Crippen LogP contribution is 2.46. The molecule has 2 aliphatic rings. The number of benzene rings is 5. The molecule has 47 heavy (non-hydrogen) atoms. The maximum atomic E-state index is 15.1. The summed E-state index contributed by atoms with van der Waals surface area (Å²) >= 11 is 0. The van der Waals surface area contributed by atoms with Crippen LogP contribution in [0.3, 0.4) is 0 Å². The van der Waals surface area contributed by atoms with Gasteiger partial charge in [0.1, 0.15) is 11.5 Å². The van der Waals surface area contributed by atoms with E-state index in [1.165, 1.54) is 0 Å². The minimum atomic E-state index is -1.36. The highest BCUT2D eigenvalue weighted by molar-refractivity contribution is 6.01. The zero-order valence-electron chi connectivity index (χ0n) is 26.1. The first kappa shape index (κ1) is 30.3. The van der Waals surface area contributed by atoms with E-state index >= 15 is 4.79 Å². The maximum Gasteiger partial charge on any atom is 0.253 e. The Morgan fingerprint density at radius 3 is 2.19 bits per heavy atom. The Balaban J connectivity index is 1.33. The minimum Gasteiger partial charge on any atom is -0.497 e. The van der Waals surface area contributed by atoms with E-state index in [9.17, 15) is 0 Å². The van der Waals surface area contributed by atoms with Gasteiger partial charge >= 0.3 is 0 Å². The smallest absolute Gasteiger partial charge is 0.253 e. The lowest BCUT2D eigenvalue weighted by Crippen LogP contribution is -2.50. The molecule has 7 heteroatoms. The molecule has 7 rings (SSSR count). The number of aliphatic hydroxyl groups excluding tert-OH is 1. The third-order valence-corrected chi connectivity index (χ3v) is 8.85. The SMILES string of the molecule is COc1cccc([C@H]2OC(c3ccc(OCCCO)cc3)=N[C@@]2(Cc2ccccc2)C(=O)NC2c3ccccc3-c3ccccc32)c1. The Labute approximate surface area is 274 Å². The predicted molar refractivity (Wildman–Crippen MR) is 182 cm³/mol. The first-order valence-electron chi connectivity index (χ1n) is 15.9. The van der Waals surface area contributed by atoms with E-state index in [1.807, 2.05) is 103 Å². The Hall–Kier alpha value is -5.40. The number of amides is 1. The summed E-state index contributed by atoms with van der Waals surface area (Å²) in [5.74, 6) is 1.48. The molecule has 1 heterocycles. The van der Waals surface area contributed by atoms with Gasteiger partial charge in [-0.15, -0.1) is 0 Å². The summed E-state index contributed by atoms with van der Waals surface area (Å²) in [6.45, 7) is 0.483. The van der Waals surface area contributed by atoms with Crippen molar-refractivity contribution in [3.63, 3.8) is 0 Å². The molecule has 0 spiro atoms. The molecule has 0 saturated carbocycles. The zero-order chi connectivity index (χ0) is 32.2. The standard InChI is InChI=1S/C40H36N2O5/c1-45-31-14-9-13-29(25-31)37-40(26-27-11-3-2-4-12-27,42-38(47-37)28-19-21-30(22-20-28)46-24-10-23-43)39(44)41-36-34-17-7-5-15-32(34)33-16-6-8-18-35(33)36/h2-9,11-22,25,36-37,43H,10,23-24,26H2,1H3,(H,41,44)/t37-,40-/m1/s1. The number of fused-ring (bicyclic) bond motifs is 3. The van der Waals surface area contributed by atoms with Gasteiger partial charge in [-0.3, -0.25) is 4.79 Å². The van der Waals surface area contributed by atoms with Crippen molar-refractivity contribution in [2.24, 2.45) is 4.99 Å². The number of hydrogen-bond acceptors (Lipinski definition) is 6. The first-order chi connectivity index (χ1) is 23.1. The number of ether oxygens (including phenoxy) is 3. The average Bonchev–Trinajstić information content (AvgIpc) is 3.66. The van der Waals surface area contributed by atoms with Crippen molar-refractivity contribution in [1.82, 2.24) is 5.32 Å². The monoisotopic (exact) mass is 624 g/mol. The van der Waals surface area contributed by atoms with Gasteiger partial charge in [-0.1, -0.05) is 91.0 Å². The van der Waals surface area contributed by atoms with Gasteiger partial charge in [0.05, 0.1) is 19.8 Å². The molecule has 2 N–H and O–H groups in total. The number of nitrogens with zero attached hydrogens (tertiary/aromatic N) is 1. The van der Waals surface area contributed by atoms with Gasteiger partial charge in [0, 0.05) is 25.0 Å². The fourth-order valence-electron chi connectivity index (χ4n) is 6.56. The second-order valence-corrected chi connectivity index (χ2v) is 11.8. The van der Waals surface area contributed by atoms with Crippen molar-refractivity contribution >= 4 is 11.8 Å². The highest BCUT2D eigenvalue weighted by Gasteiger charge is 2.54. The third kappa shape index (κ3) is 5.86. The number of carbonyl (C=O) groups is 1. The summed E-state index contributed by atoms with van der Waals surface area (Å²) in [6, 6.07) is 41.2. The summed E-state index contributed by atoms with van der Waals surface area (Å²) < 4.78 is 18.1. The van der Waals surface area contributed by atoms with Crippen LogP contribution in [0.4, 0.5) is 0 Å². The number of nitrogens with one attached hydrogen (secondary N) is 1. The molecule has 1 amide bonds. The average molecular weight is 625 g/mol. The fraction of sp³-hybridized carbons (Fsp3) is 0.200. The van der Waals surface area contributed by atoms with Crippen LogP contribution in [0, 0.1) is 0 Å². The lowest BCUT2D eigenvalue weighted by molar-refractivity contribution is -0.129. The van der Waals surface area contributed by atoms with Crippen molar-refractivity contribution < 1.29 is 24.1 Å². The second-order valence-electron chi connectivity index (χ2n) is 11.8. The van der Waals surface area contributed by atoms with Crippen LogP contribution in [0.2, 0.25) is 0 Å². The number of aliphatic hydroxyl groups is 1. The van der Waals surface area contributed by atoms with E-state index in [0.29, 0.717) is 36.8 Å². The van der Waals surface area contributed by atoms with Crippen molar-refractivity contribution in [2.75, 3.05) is 20.3 Å². The molecule has 1 aliphatic heterocycles. The highest BCUT2D eigenvalue weighted by atomic mass is 16.5. The van der Waals surface area contributed by atoms with Gasteiger partial charge in [0.2, 0.25) is 5.90 Å². The Morgan fingerprint density at radius 2 is 1.51 bits per heavy atom. The number of rotatable bonds is 11. The van der Waals surface area contributed by atoms with E-state index < -0.39 is 11.6 Å². The van der Waals surface area contributed by atoms with Gasteiger partial charge in [-0.2, -0.15) is 0 Å². The molecule has 236 valence electrons. The Kier molecular flexibility index (Phi) is 8.46. The quantitative estimate of drug-likeness (QED) is 0.157. The molecule has 1 aliphatic carbocycles. The molecule has 5 aromatic carbocycles. The van der Waals surface area contributed by atoms with Crippen LogP contribution in [-0.2, 0) is 16.0 Å². The molecule has 0 unspecified atom stereocenters. The van der Waals surface area contributed by atoms with Crippen molar-refractivity contribution in [3.05, 3.63) is 155 Å². The molecule has 0 saturated heterocycles. The lowest BCUT2D eigenvalue weighted by atomic mass is 9.81. The van der Waals surface area contributed by atoms with Gasteiger partial charge in [-0.05, 0) is 69.8 Å². The largest absolute Gasteiger partial charge is 0.497 e. The molecule has 0 aromatic heterocycles. The molecule has 5 aromatic rings. The van der Waals surface area contributed by atoms with Gasteiger partial charge < -0.3 is 24.6 Å². The molecule has 0 fully saturated rings. The van der Waals surface area contributed by atoms with E-state index in [4.69, 9.17) is 24.3 Å². The molecule has 0 bridgehead atoms. The summed E-state index contributed by atoms with van der Waals surface area (Å²) in [5.41, 5.74) is 5.45. The molecule has 0 radical (unpaired) electrons. The Morgan fingerprint density at radius 1 is 0.830 bits per heavy atom. The summed E-state index contributed by atoms with van der Waals surface area (Å²) in [5, 5.41) is 12.6. The van der Waals surface area contributed by atoms with E-state index in [-0.39, 0.29) is 18.6 Å². The number of carbonyl (C=O) groups excluding carboxylic acids is 1. The van der Waals surface area contributed by atoms with E-state index in [2.05, 4.69) is 29.6 Å². The Bertz CT molecular complexity index is 1860. The van der Waals surface area contributed by atoms with E-state index in [0.717, 1.165) is 38.9 Å². The number of aliphatic imine (C=N–C) groups is 1. The van der Waals surface area contributed by atoms with Gasteiger partial charge in [-0.25, -0.2) is 4.99 Å². The summed E-state index contributed by atoms with van der Waals surface area (Å²) in [6.07, 6.45) is 0.108. The normalized spacial score (nSPS) is 18.1. The third-order valence-electron chi connectivity index (χ3n) is 8.85.